The van der Waals surface area contributed by atoms with Gasteiger partial charge in [-0.1, -0.05) is 15.9 Å². The molecule has 0 radical (unpaired) electrons. The topological polar surface area (TPSA) is 18.5 Å². The van der Waals surface area contributed by atoms with Gasteiger partial charge >= 0.3 is 0 Å². The van der Waals surface area contributed by atoms with Crippen LogP contribution < -0.4 is 0 Å². The van der Waals surface area contributed by atoms with Crippen LogP contribution in [0.2, 0.25) is 0 Å². The Bertz CT molecular complexity index is 278. The predicted molar refractivity (Wildman–Crippen MR) is 50.8 cm³/mol. The van der Waals surface area contributed by atoms with Crippen molar-refractivity contribution in [1.29, 1.82) is 0 Å². The van der Waals surface area contributed by atoms with Crippen LogP contribution >= 0.6 is 15.9 Å². The third-order valence-corrected chi connectivity index (χ3v) is 2.24. The third-order valence-electron chi connectivity index (χ3n) is 1.47. The minimum atomic E-state index is -0.265. The second-order valence-electron chi connectivity index (χ2n) is 2.49. The lowest BCUT2D eigenvalue weighted by molar-refractivity contribution is -0.0392. The van der Waals surface area contributed by atoms with Gasteiger partial charge in [0.1, 0.15) is 12.6 Å². The van der Waals surface area contributed by atoms with Crippen LogP contribution in [0.25, 0.3) is 0 Å². The Hall–Kier alpha value is -0.450. The van der Waals surface area contributed by atoms with Crippen molar-refractivity contribution in [3.05, 3.63) is 34.1 Å². The molecule has 1 aromatic carbocycles. The molecule has 0 unspecified atom stereocenters. The maximum atomic E-state index is 12.7. The molecule has 2 nitrogen and oxygen atoms in total. The first-order valence-electron chi connectivity index (χ1n) is 3.74. The number of methoxy groups -OCH3 is 1. The van der Waals surface area contributed by atoms with E-state index in [0.717, 1.165) is 10.0 Å². The van der Waals surface area contributed by atoms with Crippen molar-refractivity contribution in [3.8, 4) is 0 Å². The average Bonchev–Trinajstić information content (AvgIpc) is 2.11. The molecule has 0 saturated heterocycles. The van der Waals surface area contributed by atoms with Gasteiger partial charge in [-0.3, -0.25) is 0 Å². The zero-order valence-corrected chi connectivity index (χ0v) is 8.80. The summed E-state index contributed by atoms with van der Waals surface area (Å²) in [7, 11) is 1.54. The van der Waals surface area contributed by atoms with E-state index in [1.807, 2.05) is 0 Å². The van der Waals surface area contributed by atoms with Crippen molar-refractivity contribution in [2.75, 3.05) is 13.9 Å². The van der Waals surface area contributed by atoms with E-state index in [1.165, 1.54) is 12.1 Å². The van der Waals surface area contributed by atoms with Gasteiger partial charge in [0.15, 0.2) is 0 Å². The summed E-state index contributed by atoms with van der Waals surface area (Å²) in [4.78, 5) is 0. The molecule has 0 N–H and O–H groups in total. The summed E-state index contributed by atoms with van der Waals surface area (Å²) in [5.74, 6) is -0.265. The van der Waals surface area contributed by atoms with Crippen molar-refractivity contribution in [1.82, 2.24) is 0 Å². The molecule has 0 aromatic heterocycles. The molecule has 0 heterocycles. The van der Waals surface area contributed by atoms with E-state index in [-0.39, 0.29) is 12.6 Å². The lowest BCUT2D eigenvalue weighted by atomic mass is 10.2. The monoisotopic (exact) mass is 248 g/mol. The highest BCUT2D eigenvalue weighted by Crippen LogP contribution is 2.18. The van der Waals surface area contributed by atoms with Crippen LogP contribution in [0.15, 0.2) is 22.7 Å². The standard InChI is InChI=1S/C9H10BrFO2/c1-12-6-13-5-7-4-8(11)2-3-9(7)10/h2-4H,5-6H2,1H3. The number of rotatable bonds is 4. The SMILES string of the molecule is COCOCc1cc(F)ccc1Br. The van der Waals surface area contributed by atoms with Gasteiger partial charge in [-0.2, -0.15) is 0 Å². The molecule has 0 atom stereocenters. The summed E-state index contributed by atoms with van der Waals surface area (Å²) in [6.45, 7) is 0.551. The van der Waals surface area contributed by atoms with E-state index < -0.39 is 0 Å². The Kier molecular flexibility index (Phi) is 4.35. The highest BCUT2D eigenvalue weighted by atomic mass is 79.9. The van der Waals surface area contributed by atoms with Crippen LogP contribution in [0.4, 0.5) is 4.39 Å². The summed E-state index contributed by atoms with van der Waals surface area (Å²) in [5, 5.41) is 0. The Labute approximate surface area is 84.8 Å². The van der Waals surface area contributed by atoms with Gasteiger partial charge in [0.2, 0.25) is 0 Å². The third kappa shape index (κ3) is 3.42. The van der Waals surface area contributed by atoms with E-state index in [0.29, 0.717) is 6.61 Å². The van der Waals surface area contributed by atoms with E-state index in [4.69, 9.17) is 9.47 Å². The largest absolute Gasteiger partial charge is 0.359 e. The fourth-order valence-electron chi connectivity index (χ4n) is 0.889. The Morgan fingerprint density at radius 1 is 1.46 bits per heavy atom. The summed E-state index contributed by atoms with van der Waals surface area (Å²) < 4.78 is 23.4. The molecule has 0 fully saturated rings. The Balaban J connectivity index is 2.59. The van der Waals surface area contributed by atoms with Crippen LogP contribution in [0.3, 0.4) is 0 Å². The molecule has 72 valence electrons. The van der Waals surface area contributed by atoms with Crippen LogP contribution in [-0.4, -0.2) is 13.9 Å². The normalized spacial score (nSPS) is 10.4. The summed E-state index contributed by atoms with van der Waals surface area (Å²) in [6.07, 6.45) is 0. The lowest BCUT2D eigenvalue weighted by Crippen LogP contribution is -1.98. The summed E-state index contributed by atoms with van der Waals surface area (Å²) in [6, 6.07) is 4.48. The average molecular weight is 249 g/mol. The van der Waals surface area contributed by atoms with E-state index in [9.17, 15) is 4.39 Å². The van der Waals surface area contributed by atoms with Crippen molar-refractivity contribution in [3.63, 3.8) is 0 Å². The molecular weight excluding hydrogens is 239 g/mol. The minimum Gasteiger partial charge on any atom is -0.359 e. The van der Waals surface area contributed by atoms with Gasteiger partial charge in [0.05, 0.1) is 6.61 Å². The molecule has 0 aliphatic carbocycles. The number of ether oxygens (including phenoxy) is 2. The molecule has 0 aliphatic rings. The molecule has 0 bridgehead atoms. The summed E-state index contributed by atoms with van der Waals surface area (Å²) >= 11 is 3.30. The zero-order valence-electron chi connectivity index (χ0n) is 7.22. The first-order valence-corrected chi connectivity index (χ1v) is 4.54. The van der Waals surface area contributed by atoms with Gasteiger partial charge in [0.25, 0.3) is 0 Å². The molecular formula is C9H10BrFO2. The molecule has 0 spiro atoms. The zero-order chi connectivity index (χ0) is 9.68. The molecule has 1 rings (SSSR count). The Morgan fingerprint density at radius 2 is 2.23 bits per heavy atom. The molecule has 1 aromatic rings. The van der Waals surface area contributed by atoms with Gasteiger partial charge in [-0.25, -0.2) is 4.39 Å². The van der Waals surface area contributed by atoms with Crippen LogP contribution in [0.1, 0.15) is 5.56 Å². The van der Waals surface area contributed by atoms with E-state index >= 15 is 0 Å². The predicted octanol–water partition coefficient (Wildman–Crippen LogP) is 2.71. The van der Waals surface area contributed by atoms with Crippen LogP contribution in [0.5, 0.6) is 0 Å². The van der Waals surface area contributed by atoms with Crippen LogP contribution in [0, 0.1) is 5.82 Å². The molecule has 0 aliphatic heterocycles. The quantitative estimate of drug-likeness (QED) is 0.603. The fourth-order valence-corrected chi connectivity index (χ4v) is 1.25. The second kappa shape index (κ2) is 5.32. The van der Waals surface area contributed by atoms with Crippen molar-refractivity contribution < 1.29 is 13.9 Å². The van der Waals surface area contributed by atoms with Gasteiger partial charge < -0.3 is 9.47 Å². The number of hydrogen-bond acceptors (Lipinski definition) is 2. The number of benzene rings is 1. The van der Waals surface area contributed by atoms with Gasteiger partial charge in [-0.05, 0) is 23.8 Å². The van der Waals surface area contributed by atoms with Crippen LogP contribution in [-0.2, 0) is 16.1 Å². The van der Waals surface area contributed by atoms with Gasteiger partial charge in [0, 0.05) is 11.6 Å². The van der Waals surface area contributed by atoms with Crippen molar-refractivity contribution in [2.24, 2.45) is 0 Å². The Morgan fingerprint density at radius 3 is 2.92 bits per heavy atom. The first-order chi connectivity index (χ1) is 6.24. The highest BCUT2D eigenvalue weighted by molar-refractivity contribution is 9.10. The maximum Gasteiger partial charge on any atom is 0.146 e. The smallest absolute Gasteiger partial charge is 0.146 e. The lowest BCUT2D eigenvalue weighted by Gasteiger charge is -2.05. The van der Waals surface area contributed by atoms with Crippen molar-refractivity contribution in [2.45, 2.75) is 6.61 Å². The van der Waals surface area contributed by atoms with E-state index in [1.54, 1.807) is 13.2 Å². The molecule has 0 amide bonds. The highest BCUT2D eigenvalue weighted by Gasteiger charge is 2.01. The maximum absolute atomic E-state index is 12.7. The summed E-state index contributed by atoms with van der Waals surface area (Å²) in [5.41, 5.74) is 0.775. The number of hydrogen-bond donors (Lipinski definition) is 0. The minimum absolute atomic E-state index is 0.211. The molecule has 4 heteroatoms. The molecule has 0 saturated carbocycles. The van der Waals surface area contributed by atoms with E-state index in [2.05, 4.69) is 15.9 Å². The second-order valence-corrected chi connectivity index (χ2v) is 3.35. The fraction of sp³-hybridized carbons (Fsp3) is 0.333. The first kappa shape index (κ1) is 10.6. The number of halogens is 2. The van der Waals surface area contributed by atoms with Crippen molar-refractivity contribution >= 4 is 15.9 Å². The molecule has 13 heavy (non-hydrogen) atoms. The van der Waals surface area contributed by atoms with Gasteiger partial charge in [-0.15, -0.1) is 0 Å².